The van der Waals surface area contributed by atoms with Crippen molar-refractivity contribution in [3.8, 4) is 6.07 Å². The molecule has 4 rings (SSSR count). The summed E-state index contributed by atoms with van der Waals surface area (Å²) < 4.78 is 42.3. The number of nitriles is 1. The lowest BCUT2D eigenvalue weighted by molar-refractivity contribution is 0.381. The Kier molecular flexibility index (Phi) is 4.30. The first kappa shape index (κ1) is 17.5. The molecule has 1 aliphatic rings. The largest absolute Gasteiger partial charge is 0.352 e. The van der Waals surface area contributed by atoms with E-state index >= 15 is 0 Å². The highest BCUT2D eigenvalue weighted by molar-refractivity contribution is 7.89. The van der Waals surface area contributed by atoms with Crippen molar-refractivity contribution >= 4 is 21.5 Å². The van der Waals surface area contributed by atoms with Gasteiger partial charge in [-0.05, 0) is 24.3 Å². The van der Waals surface area contributed by atoms with Gasteiger partial charge < -0.3 is 4.90 Å². The smallest absolute Gasteiger partial charge is 0.246 e. The molecular weight excluding hydrogens is 369 g/mol. The zero-order valence-electron chi connectivity index (χ0n) is 14.3. The van der Waals surface area contributed by atoms with Gasteiger partial charge in [0.25, 0.3) is 0 Å². The Morgan fingerprint density at radius 1 is 1.04 bits per heavy atom. The fourth-order valence-corrected chi connectivity index (χ4v) is 4.73. The molecule has 0 atom stereocenters. The molecule has 0 amide bonds. The predicted octanol–water partition coefficient (Wildman–Crippen LogP) is 1.86. The van der Waals surface area contributed by atoms with E-state index in [0.29, 0.717) is 30.2 Å². The van der Waals surface area contributed by atoms with Crippen LogP contribution in [0.4, 0.5) is 10.2 Å². The third-order valence-electron chi connectivity index (χ3n) is 4.61. The number of pyridine rings is 1. The molecule has 0 radical (unpaired) electrons. The number of nitrogens with zero attached hydrogens (tertiary/aromatic N) is 5. The van der Waals surface area contributed by atoms with Crippen molar-refractivity contribution in [3.05, 3.63) is 60.2 Å². The molecular formula is C18H16FN5O2S. The number of benzene rings is 1. The number of aromatic nitrogens is 2. The average molecular weight is 385 g/mol. The van der Waals surface area contributed by atoms with Gasteiger partial charge in [0.15, 0.2) is 11.5 Å². The molecule has 1 aliphatic heterocycles. The van der Waals surface area contributed by atoms with Gasteiger partial charge in [-0.15, -0.1) is 0 Å². The minimum atomic E-state index is -3.90. The van der Waals surface area contributed by atoms with Crippen LogP contribution in [0.25, 0.3) is 5.65 Å². The van der Waals surface area contributed by atoms with Crippen LogP contribution in [0, 0.1) is 17.1 Å². The molecule has 0 N–H and O–H groups in total. The van der Waals surface area contributed by atoms with Gasteiger partial charge in [0.2, 0.25) is 10.0 Å². The molecule has 1 aromatic carbocycles. The Hall–Kier alpha value is -2.96. The first-order valence-corrected chi connectivity index (χ1v) is 9.83. The SMILES string of the molecule is N#Cc1c(N2CCN(S(=O)(=O)c3ccccc3F)CC2)nc2ccccn12. The predicted molar refractivity (Wildman–Crippen MR) is 97.3 cm³/mol. The number of fused-ring (bicyclic) bond motifs is 1. The normalized spacial score (nSPS) is 15.8. The summed E-state index contributed by atoms with van der Waals surface area (Å²) in [5.74, 6) is -0.223. The second kappa shape index (κ2) is 6.64. The Balaban J connectivity index is 1.58. The standard InChI is InChI=1S/C18H16FN5O2S/c19-14-5-1-2-6-16(14)27(25,26)23-11-9-22(10-12-23)18-15(13-20)24-8-4-3-7-17(24)21-18/h1-8H,9-12H2. The number of sulfonamides is 1. The third-order valence-corrected chi connectivity index (χ3v) is 6.54. The minimum absolute atomic E-state index is 0.190. The van der Waals surface area contributed by atoms with Crippen molar-refractivity contribution in [3.63, 3.8) is 0 Å². The van der Waals surface area contributed by atoms with Crippen molar-refractivity contribution in [1.82, 2.24) is 13.7 Å². The molecule has 0 saturated carbocycles. The van der Waals surface area contributed by atoms with Crippen molar-refractivity contribution in [2.75, 3.05) is 31.1 Å². The van der Waals surface area contributed by atoms with E-state index in [1.54, 1.807) is 10.6 Å². The summed E-state index contributed by atoms with van der Waals surface area (Å²) in [6.07, 6.45) is 1.77. The van der Waals surface area contributed by atoms with E-state index in [-0.39, 0.29) is 18.0 Å². The van der Waals surface area contributed by atoms with Crippen LogP contribution in [0.5, 0.6) is 0 Å². The molecule has 0 bridgehead atoms. The first-order valence-electron chi connectivity index (χ1n) is 8.39. The van der Waals surface area contributed by atoms with E-state index in [2.05, 4.69) is 11.1 Å². The van der Waals surface area contributed by atoms with Crippen molar-refractivity contribution in [2.45, 2.75) is 4.90 Å². The molecule has 3 heterocycles. The number of rotatable bonds is 3. The van der Waals surface area contributed by atoms with Crippen LogP contribution in [-0.2, 0) is 10.0 Å². The van der Waals surface area contributed by atoms with Crippen molar-refractivity contribution < 1.29 is 12.8 Å². The minimum Gasteiger partial charge on any atom is -0.352 e. The first-order chi connectivity index (χ1) is 13.0. The molecule has 0 unspecified atom stereocenters. The number of hydrogen-bond donors (Lipinski definition) is 0. The number of piperazine rings is 1. The zero-order valence-corrected chi connectivity index (χ0v) is 15.1. The van der Waals surface area contributed by atoms with Crippen LogP contribution in [0.3, 0.4) is 0 Å². The summed E-state index contributed by atoms with van der Waals surface area (Å²) in [5, 5.41) is 9.51. The van der Waals surface area contributed by atoms with Crippen LogP contribution in [-0.4, -0.2) is 48.3 Å². The third kappa shape index (κ3) is 2.93. The number of hydrogen-bond acceptors (Lipinski definition) is 5. The van der Waals surface area contributed by atoms with Crippen LogP contribution < -0.4 is 4.90 Å². The molecule has 0 spiro atoms. The zero-order chi connectivity index (χ0) is 19.0. The van der Waals surface area contributed by atoms with Crippen LogP contribution >= 0.6 is 0 Å². The van der Waals surface area contributed by atoms with Gasteiger partial charge in [0.05, 0.1) is 0 Å². The van der Waals surface area contributed by atoms with Crippen molar-refractivity contribution in [2.24, 2.45) is 0 Å². The molecule has 0 aliphatic carbocycles. The molecule has 7 nitrogen and oxygen atoms in total. The topological polar surface area (TPSA) is 81.7 Å². The van der Waals surface area contributed by atoms with Gasteiger partial charge in [-0.25, -0.2) is 17.8 Å². The molecule has 9 heteroatoms. The Morgan fingerprint density at radius 3 is 2.44 bits per heavy atom. The summed E-state index contributed by atoms with van der Waals surface area (Å²) in [6, 6.07) is 13.0. The number of halogens is 1. The van der Waals surface area contributed by atoms with Crippen LogP contribution in [0.15, 0.2) is 53.6 Å². The van der Waals surface area contributed by atoms with Gasteiger partial charge in [-0.1, -0.05) is 18.2 Å². The summed E-state index contributed by atoms with van der Waals surface area (Å²) in [4.78, 5) is 6.08. The molecule has 3 aromatic rings. The maximum absolute atomic E-state index is 13.9. The number of anilines is 1. The van der Waals surface area contributed by atoms with Crippen molar-refractivity contribution in [1.29, 1.82) is 5.26 Å². The quantitative estimate of drug-likeness (QED) is 0.687. The molecule has 27 heavy (non-hydrogen) atoms. The fourth-order valence-electron chi connectivity index (χ4n) is 3.24. The number of imidazole rings is 1. The lowest BCUT2D eigenvalue weighted by Gasteiger charge is -2.34. The highest BCUT2D eigenvalue weighted by Crippen LogP contribution is 2.25. The Labute approximate surface area is 155 Å². The summed E-state index contributed by atoms with van der Waals surface area (Å²) in [5.41, 5.74) is 1.07. The molecule has 138 valence electrons. The second-order valence-corrected chi connectivity index (χ2v) is 8.05. The summed E-state index contributed by atoms with van der Waals surface area (Å²) >= 11 is 0. The Bertz CT molecular complexity index is 1140. The van der Waals surface area contributed by atoms with Gasteiger partial charge in [0.1, 0.15) is 22.4 Å². The lowest BCUT2D eigenvalue weighted by Crippen LogP contribution is -2.49. The van der Waals surface area contributed by atoms with Gasteiger partial charge in [0, 0.05) is 32.4 Å². The summed E-state index contributed by atoms with van der Waals surface area (Å²) in [6.45, 7) is 1.11. The van der Waals surface area contributed by atoms with Gasteiger partial charge in [-0.3, -0.25) is 4.40 Å². The molecule has 1 fully saturated rings. The van der Waals surface area contributed by atoms with E-state index in [9.17, 15) is 18.1 Å². The van der Waals surface area contributed by atoms with E-state index in [0.717, 1.165) is 6.07 Å². The highest BCUT2D eigenvalue weighted by atomic mass is 32.2. The van der Waals surface area contributed by atoms with Gasteiger partial charge >= 0.3 is 0 Å². The monoisotopic (exact) mass is 385 g/mol. The maximum atomic E-state index is 13.9. The average Bonchev–Trinajstić information content (AvgIpc) is 3.07. The molecule has 2 aromatic heterocycles. The van der Waals surface area contributed by atoms with E-state index < -0.39 is 15.8 Å². The maximum Gasteiger partial charge on any atom is 0.246 e. The highest BCUT2D eigenvalue weighted by Gasteiger charge is 2.32. The fraction of sp³-hybridized carbons (Fsp3) is 0.222. The molecule has 1 saturated heterocycles. The lowest BCUT2D eigenvalue weighted by atomic mass is 10.3. The van der Waals surface area contributed by atoms with E-state index in [1.165, 1.54) is 22.5 Å². The second-order valence-electron chi connectivity index (χ2n) is 6.15. The van der Waals surface area contributed by atoms with Crippen LogP contribution in [0.2, 0.25) is 0 Å². The van der Waals surface area contributed by atoms with E-state index in [1.807, 2.05) is 23.1 Å². The van der Waals surface area contributed by atoms with Gasteiger partial charge in [-0.2, -0.15) is 9.57 Å². The summed E-state index contributed by atoms with van der Waals surface area (Å²) in [7, 11) is -3.90. The Morgan fingerprint density at radius 2 is 1.74 bits per heavy atom. The van der Waals surface area contributed by atoms with E-state index in [4.69, 9.17) is 0 Å². The van der Waals surface area contributed by atoms with Crippen LogP contribution in [0.1, 0.15) is 5.69 Å².